The molecule has 0 bridgehead atoms. The molecule has 0 aromatic heterocycles. The quantitative estimate of drug-likeness (QED) is 0.670. The van der Waals surface area contributed by atoms with Crippen LogP contribution in [0, 0.1) is 34.5 Å². The predicted molar refractivity (Wildman–Crippen MR) is 81.7 cm³/mol. The fourth-order valence-electron chi connectivity index (χ4n) is 6.83. The molecule has 4 aliphatic rings. The zero-order valence-corrected chi connectivity index (χ0v) is 13.5. The summed E-state index contributed by atoms with van der Waals surface area (Å²) >= 11 is 0. The van der Waals surface area contributed by atoms with Gasteiger partial charge in [0.2, 0.25) is 0 Å². The van der Waals surface area contributed by atoms with Gasteiger partial charge in [-0.05, 0) is 60.7 Å². The number of hydrogen-bond donors (Lipinski definition) is 0. The van der Waals surface area contributed by atoms with Gasteiger partial charge in [-0.15, -0.1) is 0 Å². The van der Waals surface area contributed by atoms with Crippen LogP contribution >= 0.6 is 0 Å². The Balaban J connectivity index is 1.70. The van der Waals surface area contributed by atoms with E-state index in [4.69, 9.17) is 0 Å². The van der Waals surface area contributed by atoms with Gasteiger partial charge in [-0.2, -0.15) is 0 Å². The predicted octanol–water partition coefficient (Wildman–Crippen LogP) is 4.17. The molecule has 0 aromatic carbocycles. The maximum Gasteiger partial charge on any atom is 0.137 e. The topological polar surface area (TPSA) is 34.1 Å². The zero-order valence-electron chi connectivity index (χ0n) is 13.5. The minimum atomic E-state index is 0.0470. The number of rotatable bonds is 0. The molecule has 0 aromatic rings. The van der Waals surface area contributed by atoms with Crippen LogP contribution < -0.4 is 0 Å². The van der Waals surface area contributed by atoms with E-state index in [9.17, 15) is 9.59 Å². The van der Waals surface area contributed by atoms with Crippen molar-refractivity contribution in [1.82, 2.24) is 0 Å². The van der Waals surface area contributed by atoms with Crippen LogP contribution in [0.25, 0.3) is 0 Å². The highest BCUT2D eigenvalue weighted by atomic mass is 16.1. The molecule has 0 unspecified atom stereocenters. The normalized spacial score (nSPS) is 53.0. The molecule has 0 amide bonds. The Morgan fingerprint density at radius 2 is 1.76 bits per heavy atom. The van der Waals surface area contributed by atoms with E-state index in [1.807, 2.05) is 0 Å². The molecule has 0 heterocycles. The molecule has 0 saturated heterocycles. The van der Waals surface area contributed by atoms with Crippen molar-refractivity contribution < 1.29 is 9.59 Å². The van der Waals surface area contributed by atoms with E-state index in [-0.39, 0.29) is 11.3 Å². The van der Waals surface area contributed by atoms with Crippen LogP contribution in [0.3, 0.4) is 0 Å². The Hall–Kier alpha value is -0.660. The first-order valence-corrected chi connectivity index (χ1v) is 8.98. The summed E-state index contributed by atoms with van der Waals surface area (Å²) in [6.45, 7) is 4.82. The fraction of sp³-hybridized carbons (Fsp3) is 0.895. The molecular formula is C19H28O2. The minimum absolute atomic E-state index is 0.0470. The first-order chi connectivity index (χ1) is 9.94. The van der Waals surface area contributed by atoms with E-state index in [1.54, 1.807) is 0 Å². The third-order valence-corrected chi connectivity index (χ3v) is 8.06. The highest BCUT2D eigenvalue weighted by molar-refractivity contribution is 5.90. The number of hydrogen-bond acceptors (Lipinski definition) is 2. The fourth-order valence-corrected chi connectivity index (χ4v) is 6.83. The number of Topliss-reactive ketones (excluding diaryl/α,β-unsaturated/α-hetero) is 2. The molecule has 116 valence electrons. The molecule has 0 aliphatic heterocycles. The second-order valence-electron chi connectivity index (χ2n) is 8.93. The smallest absolute Gasteiger partial charge is 0.137 e. The summed E-state index contributed by atoms with van der Waals surface area (Å²) < 4.78 is 0. The van der Waals surface area contributed by atoms with E-state index in [0.29, 0.717) is 41.7 Å². The molecule has 4 aliphatic carbocycles. The van der Waals surface area contributed by atoms with E-state index in [0.717, 1.165) is 18.8 Å². The molecule has 6 atom stereocenters. The number of carbonyl (C=O) groups excluding carboxylic acids is 2. The van der Waals surface area contributed by atoms with Gasteiger partial charge in [-0.25, -0.2) is 0 Å². The van der Waals surface area contributed by atoms with Crippen LogP contribution in [0.15, 0.2) is 0 Å². The molecule has 4 saturated carbocycles. The minimum Gasteiger partial charge on any atom is -0.300 e. The molecule has 21 heavy (non-hydrogen) atoms. The molecule has 4 fully saturated rings. The Morgan fingerprint density at radius 1 is 0.952 bits per heavy atom. The summed E-state index contributed by atoms with van der Waals surface area (Å²) in [5.74, 6) is 2.88. The lowest BCUT2D eigenvalue weighted by Gasteiger charge is -2.58. The SMILES string of the molecule is C[C@]12CCC[C@@H]1[C@@H]1CC(=O)[C@H]3CC(=O)CC[C@]3(C)[C@@H]1CC2. The van der Waals surface area contributed by atoms with Crippen molar-refractivity contribution in [3.05, 3.63) is 0 Å². The summed E-state index contributed by atoms with van der Waals surface area (Å²) in [5.41, 5.74) is 0.632. The van der Waals surface area contributed by atoms with Gasteiger partial charge in [-0.3, -0.25) is 9.59 Å². The van der Waals surface area contributed by atoms with Gasteiger partial charge < -0.3 is 0 Å². The summed E-state index contributed by atoms with van der Waals surface area (Å²) in [7, 11) is 0. The van der Waals surface area contributed by atoms with Crippen molar-refractivity contribution in [3.63, 3.8) is 0 Å². The molecular weight excluding hydrogens is 260 g/mol. The Bertz CT molecular complexity index is 496. The Kier molecular flexibility index (Phi) is 2.94. The van der Waals surface area contributed by atoms with Crippen LogP contribution in [-0.4, -0.2) is 11.6 Å². The molecule has 0 N–H and O–H groups in total. The first kappa shape index (κ1) is 14.0. The molecule has 2 nitrogen and oxygen atoms in total. The van der Waals surface area contributed by atoms with Crippen molar-refractivity contribution >= 4 is 11.6 Å². The highest BCUT2D eigenvalue weighted by Gasteiger charge is 2.60. The second kappa shape index (κ2) is 4.43. The van der Waals surface area contributed by atoms with E-state index in [1.165, 1.54) is 32.1 Å². The standard InChI is InChI=1S/C19H28O2/c1-18-7-3-4-14(18)13-11-17(21)16-10-12(20)5-9-19(16,2)15(13)6-8-18/h13-16H,3-11H2,1-2H3/t13-,14+,15+,16+,18+,19+/m0/s1. The number of fused-ring (bicyclic) bond motifs is 5. The number of carbonyl (C=O) groups is 2. The first-order valence-electron chi connectivity index (χ1n) is 8.98. The third-order valence-electron chi connectivity index (χ3n) is 8.06. The molecule has 2 heteroatoms. The molecule has 4 rings (SSSR count). The van der Waals surface area contributed by atoms with Crippen LogP contribution in [0.2, 0.25) is 0 Å². The zero-order chi connectivity index (χ0) is 14.8. The summed E-state index contributed by atoms with van der Waals surface area (Å²) in [4.78, 5) is 24.6. The lowest BCUT2D eigenvalue weighted by atomic mass is 9.45. The molecule has 0 radical (unpaired) electrons. The van der Waals surface area contributed by atoms with Gasteiger partial charge in [0.05, 0.1) is 0 Å². The van der Waals surface area contributed by atoms with Crippen molar-refractivity contribution in [2.45, 2.75) is 71.6 Å². The largest absolute Gasteiger partial charge is 0.300 e. The van der Waals surface area contributed by atoms with Gasteiger partial charge >= 0.3 is 0 Å². The van der Waals surface area contributed by atoms with Crippen LogP contribution in [0.4, 0.5) is 0 Å². The van der Waals surface area contributed by atoms with E-state index < -0.39 is 0 Å². The van der Waals surface area contributed by atoms with Crippen LogP contribution in [0.1, 0.15) is 71.6 Å². The molecule has 0 spiro atoms. The Morgan fingerprint density at radius 3 is 2.57 bits per heavy atom. The van der Waals surface area contributed by atoms with E-state index in [2.05, 4.69) is 13.8 Å². The van der Waals surface area contributed by atoms with Crippen molar-refractivity contribution in [2.75, 3.05) is 0 Å². The third kappa shape index (κ3) is 1.83. The second-order valence-corrected chi connectivity index (χ2v) is 8.93. The van der Waals surface area contributed by atoms with Crippen LogP contribution in [-0.2, 0) is 9.59 Å². The van der Waals surface area contributed by atoms with Gasteiger partial charge in [0.25, 0.3) is 0 Å². The van der Waals surface area contributed by atoms with Crippen LogP contribution in [0.5, 0.6) is 0 Å². The van der Waals surface area contributed by atoms with Gasteiger partial charge in [0.15, 0.2) is 0 Å². The average Bonchev–Trinajstić information content (AvgIpc) is 2.83. The van der Waals surface area contributed by atoms with Gasteiger partial charge in [-0.1, -0.05) is 20.3 Å². The maximum atomic E-state index is 12.8. The lowest BCUT2D eigenvalue weighted by Crippen LogP contribution is -2.56. The van der Waals surface area contributed by atoms with Gasteiger partial charge in [0.1, 0.15) is 11.6 Å². The average molecular weight is 288 g/mol. The maximum absolute atomic E-state index is 12.8. The van der Waals surface area contributed by atoms with Gasteiger partial charge in [0, 0.05) is 25.2 Å². The van der Waals surface area contributed by atoms with Crippen molar-refractivity contribution in [3.8, 4) is 0 Å². The summed E-state index contributed by atoms with van der Waals surface area (Å²) in [5, 5.41) is 0. The monoisotopic (exact) mass is 288 g/mol. The Labute approximate surface area is 128 Å². The summed E-state index contributed by atoms with van der Waals surface area (Å²) in [6.07, 6.45) is 9.71. The summed E-state index contributed by atoms with van der Waals surface area (Å²) in [6, 6.07) is 0. The van der Waals surface area contributed by atoms with Crippen molar-refractivity contribution in [1.29, 1.82) is 0 Å². The highest BCUT2D eigenvalue weighted by Crippen LogP contribution is 2.65. The lowest BCUT2D eigenvalue weighted by molar-refractivity contribution is -0.157. The number of ketones is 2. The van der Waals surface area contributed by atoms with Crippen molar-refractivity contribution in [2.24, 2.45) is 34.5 Å². The van der Waals surface area contributed by atoms with E-state index >= 15 is 0 Å².